The summed E-state index contributed by atoms with van der Waals surface area (Å²) in [7, 11) is 0. The Morgan fingerprint density at radius 1 is 1.19 bits per heavy atom. The molecule has 0 saturated carbocycles. The summed E-state index contributed by atoms with van der Waals surface area (Å²) >= 11 is 18.4. The van der Waals surface area contributed by atoms with Crippen LogP contribution in [0.15, 0.2) is 36.4 Å². The monoisotopic (exact) mass is 354 g/mol. The van der Waals surface area contributed by atoms with E-state index in [1.165, 1.54) is 11.3 Å². The molecule has 3 rings (SSSR count). The number of H-pyrrole nitrogens is 1. The smallest absolute Gasteiger partial charge is 0.257 e. The maximum absolute atomic E-state index is 12.2. The molecule has 2 aromatic carbocycles. The third kappa shape index (κ3) is 3.11. The molecule has 7 heteroatoms. The quantitative estimate of drug-likeness (QED) is 0.595. The predicted octanol–water partition coefficient (Wildman–Crippen LogP) is 5.52. The maximum atomic E-state index is 12.2. The summed E-state index contributed by atoms with van der Waals surface area (Å²) in [5, 5.41) is 3.62. The fourth-order valence-electron chi connectivity index (χ4n) is 1.90. The van der Waals surface area contributed by atoms with E-state index in [0.717, 1.165) is 10.2 Å². The molecule has 1 amide bonds. The average molecular weight is 355 g/mol. The van der Waals surface area contributed by atoms with Gasteiger partial charge in [0.25, 0.3) is 5.91 Å². The van der Waals surface area contributed by atoms with Gasteiger partial charge >= 0.3 is 0 Å². The molecule has 0 aliphatic rings. The number of carbonyl (C=O) groups excluding carboxylic acids is 1. The maximum Gasteiger partial charge on any atom is 0.257 e. The van der Waals surface area contributed by atoms with Gasteiger partial charge < -0.3 is 10.3 Å². The normalized spacial score (nSPS) is 10.8. The fraction of sp³-hybridized carbons (Fsp3) is 0. The molecule has 21 heavy (non-hydrogen) atoms. The van der Waals surface area contributed by atoms with Gasteiger partial charge in [-0.25, -0.2) is 0 Å². The molecular weight excluding hydrogens is 347 g/mol. The number of thiazole rings is 1. The van der Waals surface area contributed by atoms with E-state index in [2.05, 4.69) is 10.3 Å². The van der Waals surface area contributed by atoms with Crippen molar-refractivity contribution in [3.63, 3.8) is 0 Å². The number of amides is 1. The van der Waals surface area contributed by atoms with Crippen LogP contribution in [0.4, 0.5) is 5.69 Å². The molecule has 0 bridgehead atoms. The number of hydrogen-bond acceptors (Lipinski definition) is 3. The molecule has 3 aromatic rings. The lowest BCUT2D eigenvalue weighted by Gasteiger charge is -2.07. The van der Waals surface area contributed by atoms with Crippen molar-refractivity contribution in [2.24, 2.45) is 0 Å². The van der Waals surface area contributed by atoms with Crippen molar-refractivity contribution < 1.29 is 4.79 Å². The molecule has 0 fully saturated rings. The number of anilines is 1. The zero-order valence-corrected chi connectivity index (χ0v) is 13.6. The van der Waals surface area contributed by atoms with E-state index in [1.54, 1.807) is 18.2 Å². The van der Waals surface area contributed by atoms with E-state index in [1.807, 2.05) is 18.2 Å². The third-order valence-corrected chi connectivity index (χ3v) is 4.60. The fourth-order valence-corrected chi connectivity index (χ4v) is 3.54. The second kappa shape index (κ2) is 5.77. The number of hydrogen-bond donors (Lipinski definition) is 2. The van der Waals surface area contributed by atoms with Gasteiger partial charge in [-0.3, -0.25) is 4.79 Å². The summed E-state index contributed by atoms with van der Waals surface area (Å²) < 4.78 is 1.69. The van der Waals surface area contributed by atoms with Gasteiger partial charge in [0.05, 0.1) is 20.8 Å². The second-order valence-electron chi connectivity index (χ2n) is 4.30. The van der Waals surface area contributed by atoms with Gasteiger partial charge in [0.1, 0.15) is 0 Å². The van der Waals surface area contributed by atoms with Gasteiger partial charge in [0.2, 0.25) is 0 Å². The lowest BCUT2D eigenvalue weighted by Crippen LogP contribution is -2.12. The highest BCUT2D eigenvalue weighted by atomic mass is 35.5. The van der Waals surface area contributed by atoms with Crippen LogP contribution in [0.3, 0.4) is 0 Å². The zero-order valence-electron chi connectivity index (χ0n) is 10.4. The van der Waals surface area contributed by atoms with E-state index in [4.69, 9.17) is 35.4 Å². The van der Waals surface area contributed by atoms with E-state index in [0.29, 0.717) is 25.3 Å². The first-order valence-corrected chi connectivity index (χ1v) is 7.90. The van der Waals surface area contributed by atoms with Crippen molar-refractivity contribution in [3.8, 4) is 0 Å². The van der Waals surface area contributed by atoms with E-state index in [9.17, 15) is 4.79 Å². The molecule has 106 valence electrons. The van der Waals surface area contributed by atoms with Gasteiger partial charge in [0, 0.05) is 10.7 Å². The first kappa shape index (κ1) is 14.5. The van der Waals surface area contributed by atoms with Crippen molar-refractivity contribution in [1.82, 2.24) is 4.98 Å². The Bertz CT molecular complexity index is 901. The van der Waals surface area contributed by atoms with E-state index in [-0.39, 0.29) is 5.91 Å². The number of carbonyl (C=O) groups is 1. The Balaban J connectivity index is 1.90. The first-order valence-electron chi connectivity index (χ1n) is 5.92. The summed E-state index contributed by atoms with van der Waals surface area (Å²) in [4.78, 5) is 15.3. The Labute approximate surface area is 139 Å². The summed E-state index contributed by atoms with van der Waals surface area (Å²) in [5.74, 6) is -0.282. The zero-order chi connectivity index (χ0) is 15.0. The molecule has 0 unspecified atom stereocenters. The second-order valence-corrected chi connectivity index (χ2v) is 6.87. The number of halogens is 2. The van der Waals surface area contributed by atoms with Crippen LogP contribution in [0, 0.1) is 3.95 Å². The van der Waals surface area contributed by atoms with E-state index < -0.39 is 0 Å². The van der Waals surface area contributed by atoms with Crippen LogP contribution in [0.25, 0.3) is 10.2 Å². The molecule has 0 saturated heterocycles. The molecule has 1 aromatic heterocycles. The van der Waals surface area contributed by atoms with Gasteiger partial charge in [-0.05, 0) is 48.6 Å². The first-order chi connectivity index (χ1) is 10.0. The van der Waals surface area contributed by atoms with Crippen molar-refractivity contribution in [2.75, 3.05) is 5.32 Å². The highest BCUT2D eigenvalue weighted by molar-refractivity contribution is 7.73. The molecular formula is C14H8Cl2N2OS2. The minimum atomic E-state index is -0.282. The van der Waals surface area contributed by atoms with Crippen molar-refractivity contribution >= 4 is 68.6 Å². The molecule has 2 N–H and O–H groups in total. The lowest BCUT2D eigenvalue weighted by atomic mass is 10.2. The topological polar surface area (TPSA) is 44.9 Å². The molecule has 0 aliphatic heterocycles. The Morgan fingerprint density at radius 2 is 2.00 bits per heavy atom. The highest BCUT2D eigenvalue weighted by Gasteiger charge is 2.11. The largest absolute Gasteiger partial charge is 0.337 e. The molecule has 0 atom stereocenters. The van der Waals surface area contributed by atoms with Crippen LogP contribution in [0.1, 0.15) is 10.4 Å². The van der Waals surface area contributed by atoms with Crippen LogP contribution in [-0.4, -0.2) is 10.9 Å². The molecule has 1 heterocycles. The number of rotatable bonds is 2. The van der Waals surface area contributed by atoms with Crippen LogP contribution in [0.5, 0.6) is 0 Å². The van der Waals surface area contributed by atoms with Crippen LogP contribution < -0.4 is 5.32 Å². The van der Waals surface area contributed by atoms with Gasteiger partial charge in [-0.1, -0.05) is 23.2 Å². The Morgan fingerprint density at radius 3 is 2.76 bits per heavy atom. The predicted molar refractivity (Wildman–Crippen MR) is 91.4 cm³/mol. The summed E-state index contributed by atoms with van der Waals surface area (Å²) in [6, 6.07) is 10.3. The van der Waals surface area contributed by atoms with Crippen molar-refractivity contribution in [1.29, 1.82) is 0 Å². The van der Waals surface area contributed by atoms with Gasteiger partial charge in [0.15, 0.2) is 3.95 Å². The van der Waals surface area contributed by atoms with Crippen LogP contribution in [0.2, 0.25) is 10.0 Å². The molecule has 0 aliphatic carbocycles. The summed E-state index contributed by atoms with van der Waals surface area (Å²) in [6.07, 6.45) is 0. The minimum absolute atomic E-state index is 0.282. The van der Waals surface area contributed by atoms with Gasteiger partial charge in [-0.2, -0.15) is 0 Å². The molecule has 0 radical (unpaired) electrons. The summed E-state index contributed by atoms with van der Waals surface area (Å²) in [6.45, 7) is 0. The number of aromatic nitrogens is 1. The molecule has 0 spiro atoms. The SMILES string of the molecule is O=C(Nc1ccc2[nH]c(=S)sc2c1)c1ccc(Cl)cc1Cl. The Kier molecular flexibility index (Phi) is 3.99. The van der Waals surface area contributed by atoms with Crippen LogP contribution >= 0.6 is 46.8 Å². The average Bonchev–Trinajstić information content (AvgIpc) is 2.77. The third-order valence-electron chi connectivity index (χ3n) is 2.85. The van der Waals surface area contributed by atoms with Crippen molar-refractivity contribution in [3.05, 3.63) is 56.0 Å². The van der Waals surface area contributed by atoms with Gasteiger partial charge in [-0.15, -0.1) is 11.3 Å². The lowest BCUT2D eigenvalue weighted by molar-refractivity contribution is 0.102. The Hall–Kier alpha value is -1.40. The molecule has 3 nitrogen and oxygen atoms in total. The number of fused-ring (bicyclic) bond motifs is 1. The highest BCUT2D eigenvalue weighted by Crippen LogP contribution is 2.25. The number of benzene rings is 2. The van der Waals surface area contributed by atoms with Crippen molar-refractivity contribution in [2.45, 2.75) is 0 Å². The standard InChI is InChI=1S/C14H8Cl2N2OS2/c15-7-1-3-9(10(16)5-7)13(19)17-8-2-4-11-12(6-8)21-14(20)18-11/h1-6H,(H,17,19)(H,18,20). The number of aromatic amines is 1. The number of nitrogens with one attached hydrogen (secondary N) is 2. The van der Waals surface area contributed by atoms with Crippen LogP contribution in [-0.2, 0) is 0 Å². The van der Waals surface area contributed by atoms with E-state index >= 15 is 0 Å². The minimum Gasteiger partial charge on any atom is -0.337 e. The summed E-state index contributed by atoms with van der Waals surface area (Å²) in [5.41, 5.74) is 2.01.